The third kappa shape index (κ3) is 3.73. The zero-order valence-corrected chi connectivity index (χ0v) is 11.9. The molecule has 1 aromatic rings. The number of nitrogens with zero attached hydrogens (tertiary/aromatic N) is 1. The SMILES string of the molecule is CC(C)Oc1ccccc1NC(=O)CN1CCCC1=O. The van der Waals surface area contributed by atoms with Gasteiger partial charge >= 0.3 is 0 Å². The van der Waals surface area contributed by atoms with Gasteiger partial charge in [0, 0.05) is 13.0 Å². The van der Waals surface area contributed by atoms with Crippen LogP contribution in [0.3, 0.4) is 0 Å². The smallest absolute Gasteiger partial charge is 0.244 e. The van der Waals surface area contributed by atoms with Crippen LogP contribution in [-0.4, -0.2) is 35.9 Å². The Morgan fingerprint density at radius 2 is 2.15 bits per heavy atom. The molecule has 1 fully saturated rings. The summed E-state index contributed by atoms with van der Waals surface area (Å²) in [4.78, 5) is 25.1. The number of hydrogen-bond acceptors (Lipinski definition) is 3. The summed E-state index contributed by atoms with van der Waals surface area (Å²) in [5.74, 6) is 0.496. The van der Waals surface area contributed by atoms with Crippen molar-refractivity contribution in [2.45, 2.75) is 32.8 Å². The molecule has 1 saturated heterocycles. The Hall–Kier alpha value is -2.04. The van der Waals surface area contributed by atoms with Crippen LogP contribution in [0.1, 0.15) is 26.7 Å². The average Bonchev–Trinajstić information content (AvgIpc) is 2.77. The second-order valence-corrected chi connectivity index (χ2v) is 5.13. The Kier molecular flexibility index (Phi) is 4.61. The van der Waals surface area contributed by atoms with E-state index < -0.39 is 0 Å². The van der Waals surface area contributed by atoms with Gasteiger partial charge in [0.25, 0.3) is 0 Å². The second kappa shape index (κ2) is 6.41. The monoisotopic (exact) mass is 276 g/mol. The fourth-order valence-electron chi connectivity index (χ4n) is 2.16. The standard InChI is InChI=1S/C15H20N2O3/c1-11(2)20-13-7-4-3-6-12(13)16-14(18)10-17-9-5-8-15(17)19/h3-4,6-7,11H,5,8-10H2,1-2H3,(H,16,18). The summed E-state index contributed by atoms with van der Waals surface area (Å²) < 4.78 is 5.64. The number of carbonyl (C=O) groups is 2. The molecule has 108 valence electrons. The van der Waals surface area contributed by atoms with E-state index in [1.54, 1.807) is 11.0 Å². The number of likely N-dealkylation sites (tertiary alicyclic amines) is 1. The molecular formula is C15H20N2O3. The van der Waals surface area contributed by atoms with E-state index in [0.717, 1.165) is 6.42 Å². The summed E-state index contributed by atoms with van der Waals surface area (Å²) in [6, 6.07) is 7.30. The van der Waals surface area contributed by atoms with Gasteiger partial charge in [-0.1, -0.05) is 12.1 Å². The van der Waals surface area contributed by atoms with Crippen LogP contribution in [0.25, 0.3) is 0 Å². The zero-order valence-electron chi connectivity index (χ0n) is 11.9. The summed E-state index contributed by atoms with van der Waals surface area (Å²) in [6.07, 6.45) is 1.41. The van der Waals surface area contributed by atoms with E-state index in [2.05, 4.69) is 5.32 Å². The van der Waals surface area contributed by atoms with Gasteiger partial charge in [0.15, 0.2) is 0 Å². The highest BCUT2D eigenvalue weighted by atomic mass is 16.5. The van der Waals surface area contributed by atoms with Crippen LogP contribution in [0.4, 0.5) is 5.69 Å². The largest absolute Gasteiger partial charge is 0.489 e. The van der Waals surface area contributed by atoms with Gasteiger partial charge in [-0.2, -0.15) is 0 Å². The highest BCUT2D eigenvalue weighted by Crippen LogP contribution is 2.24. The molecule has 0 aliphatic carbocycles. The molecule has 0 spiro atoms. The minimum Gasteiger partial charge on any atom is -0.489 e. The summed E-state index contributed by atoms with van der Waals surface area (Å²) in [5.41, 5.74) is 0.637. The number of carbonyl (C=O) groups excluding carboxylic acids is 2. The minimum atomic E-state index is -0.194. The lowest BCUT2D eigenvalue weighted by atomic mass is 10.3. The Balaban J connectivity index is 1.98. The summed E-state index contributed by atoms with van der Waals surface area (Å²) in [7, 11) is 0. The summed E-state index contributed by atoms with van der Waals surface area (Å²) in [6.45, 7) is 4.63. The molecule has 1 N–H and O–H groups in total. The molecule has 5 nitrogen and oxygen atoms in total. The van der Waals surface area contributed by atoms with Crippen LogP contribution in [0, 0.1) is 0 Å². The molecule has 0 radical (unpaired) electrons. The summed E-state index contributed by atoms with van der Waals surface area (Å²) in [5, 5.41) is 2.81. The highest BCUT2D eigenvalue weighted by Gasteiger charge is 2.22. The van der Waals surface area contributed by atoms with E-state index in [4.69, 9.17) is 4.74 Å². The molecule has 0 bridgehead atoms. The second-order valence-electron chi connectivity index (χ2n) is 5.13. The van der Waals surface area contributed by atoms with Gasteiger partial charge in [-0.3, -0.25) is 9.59 Å². The first-order valence-electron chi connectivity index (χ1n) is 6.89. The summed E-state index contributed by atoms with van der Waals surface area (Å²) >= 11 is 0. The van der Waals surface area contributed by atoms with Crippen LogP contribution in [0.2, 0.25) is 0 Å². The molecular weight excluding hydrogens is 256 g/mol. The van der Waals surface area contributed by atoms with Crippen LogP contribution in [0.15, 0.2) is 24.3 Å². The number of nitrogens with one attached hydrogen (secondary N) is 1. The minimum absolute atomic E-state index is 0.0354. The topological polar surface area (TPSA) is 58.6 Å². The molecule has 1 aliphatic rings. The maximum Gasteiger partial charge on any atom is 0.244 e. The number of para-hydroxylation sites is 2. The molecule has 0 unspecified atom stereocenters. The average molecular weight is 276 g/mol. The third-order valence-electron chi connectivity index (χ3n) is 3.03. The van der Waals surface area contributed by atoms with Gasteiger partial charge in [-0.15, -0.1) is 0 Å². The van der Waals surface area contributed by atoms with E-state index >= 15 is 0 Å². The van der Waals surface area contributed by atoms with Crippen molar-refractivity contribution in [2.75, 3.05) is 18.4 Å². The predicted molar refractivity (Wildman–Crippen MR) is 76.6 cm³/mol. The number of hydrogen-bond donors (Lipinski definition) is 1. The lowest BCUT2D eigenvalue weighted by Gasteiger charge is -2.17. The highest BCUT2D eigenvalue weighted by molar-refractivity contribution is 5.96. The normalized spacial score (nSPS) is 14.8. The molecule has 0 aromatic heterocycles. The van der Waals surface area contributed by atoms with Crippen molar-refractivity contribution in [3.63, 3.8) is 0 Å². The van der Waals surface area contributed by atoms with Crippen molar-refractivity contribution >= 4 is 17.5 Å². The van der Waals surface area contributed by atoms with Crippen molar-refractivity contribution in [2.24, 2.45) is 0 Å². The number of ether oxygens (including phenoxy) is 1. The third-order valence-corrected chi connectivity index (χ3v) is 3.03. The molecule has 20 heavy (non-hydrogen) atoms. The van der Waals surface area contributed by atoms with Crippen LogP contribution < -0.4 is 10.1 Å². The Morgan fingerprint density at radius 1 is 1.40 bits per heavy atom. The number of benzene rings is 1. The molecule has 2 rings (SSSR count). The van der Waals surface area contributed by atoms with E-state index in [9.17, 15) is 9.59 Å². The van der Waals surface area contributed by atoms with E-state index in [1.807, 2.05) is 32.0 Å². The first-order chi connectivity index (χ1) is 9.56. The van der Waals surface area contributed by atoms with Crippen molar-refractivity contribution in [1.29, 1.82) is 0 Å². The van der Waals surface area contributed by atoms with E-state index in [1.165, 1.54) is 0 Å². The molecule has 5 heteroatoms. The van der Waals surface area contributed by atoms with Gasteiger partial charge in [-0.25, -0.2) is 0 Å². The Morgan fingerprint density at radius 3 is 2.80 bits per heavy atom. The molecule has 0 atom stereocenters. The molecule has 2 amide bonds. The zero-order chi connectivity index (χ0) is 14.5. The fourth-order valence-corrected chi connectivity index (χ4v) is 2.16. The molecule has 1 heterocycles. The van der Waals surface area contributed by atoms with Crippen LogP contribution in [0.5, 0.6) is 5.75 Å². The molecule has 1 aromatic carbocycles. The number of anilines is 1. The number of rotatable bonds is 5. The van der Waals surface area contributed by atoms with Gasteiger partial charge < -0.3 is 15.0 Å². The Labute approximate surface area is 118 Å². The number of amides is 2. The maximum absolute atomic E-state index is 12.0. The first-order valence-corrected chi connectivity index (χ1v) is 6.89. The lowest BCUT2D eigenvalue weighted by molar-refractivity contribution is -0.131. The predicted octanol–water partition coefficient (Wildman–Crippen LogP) is 2.03. The quantitative estimate of drug-likeness (QED) is 0.895. The van der Waals surface area contributed by atoms with Gasteiger partial charge in [0.2, 0.25) is 11.8 Å². The fraction of sp³-hybridized carbons (Fsp3) is 0.467. The first kappa shape index (κ1) is 14.4. The van der Waals surface area contributed by atoms with E-state index in [0.29, 0.717) is 24.4 Å². The van der Waals surface area contributed by atoms with Gasteiger partial charge in [0.1, 0.15) is 5.75 Å². The van der Waals surface area contributed by atoms with Gasteiger partial charge in [0.05, 0.1) is 18.3 Å². The van der Waals surface area contributed by atoms with Crippen molar-refractivity contribution in [1.82, 2.24) is 4.90 Å². The molecule has 0 saturated carbocycles. The van der Waals surface area contributed by atoms with Crippen LogP contribution in [-0.2, 0) is 9.59 Å². The molecule has 1 aliphatic heterocycles. The van der Waals surface area contributed by atoms with Crippen molar-refractivity contribution < 1.29 is 14.3 Å². The lowest BCUT2D eigenvalue weighted by Crippen LogP contribution is -2.34. The maximum atomic E-state index is 12.0. The van der Waals surface area contributed by atoms with E-state index in [-0.39, 0.29) is 24.5 Å². The van der Waals surface area contributed by atoms with Crippen LogP contribution >= 0.6 is 0 Å². The Bertz CT molecular complexity index is 500. The van der Waals surface area contributed by atoms with Crippen molar-refractivity contribution in [3.05, 3.63) is 24.3 Å². The van der Waals surface area contributed by atoms with Crippen molar-refractivity contribution in [3.8, 4) is 5.75 Å². The van der Waals surface area contributed by atoms with Gasteiger partial charge in [-0.05, 0) is 32.4 Å².